The van der Waals surface area contributed by atoms with Crippen LogP contribution in [0.15, 0.2) is 24.3 Å². The molecule has 1 aromatic rings. The minimum absolute atomic E-state index is 0.230. The molecule has 0 aliphatic heterocycles. The highest BCUT2D eigenvalue weighted by Crippen LogP contribution is 2.05. The van der Waals surface area contributed by atoms with E-state index in [9.17, 15) is 9.59 Å². The minimum Gasteiger partial charge on any atom is -0.463 e. The van der Waals surface area contributed by atoms with Crippen LogP contribution in [0.5, 0.6) is 0 Å². The summed E-state index contributed by atoms with van der Waals surface area (Å²) in [5, 5.41) is 8.66. The van der Waals surface area contributed by atoms with E-state index in [0.29, 0.717) is 5.56 Å². The normalized spacial score (nSPS) is 9.18. The van der Waals surface area contributed by atoms with Crippen LogP contribution in [0.25, 0.3) is 0 Å². The number of benzene rings is 1. The quantitative estimate of drug-likeness (QED) is 0.732. The molecule has 0 unspecified atom stereocenters. The van der Waals surface area contributed by atoms with Crippen molar-refractivity contribution in [3.8, 4) is 6.07 Å². The van der Waals surface area contributed by atoms with Crippen molar-refractivity contribution in [1.29, 1.82) is 5.26 Å². The van der Waals surface area contributed by atoms with Gasteiger partial charge in [0.25, 0.3) is 0 Å². The first-order chi connectivity index (χ1) is 8.17. The second-order valence-electron chi connectivity index (χ2n) is 3.07. The number of ether oxygens (including phenoxy) is 2. The Bertz CT molecular complexity index is 462. The van der Waals surface area contributed by atoms with Crippen LogP contribution in [0.4, 0.5) is 0 Å². The van der Waals surface area contributed by atoms with E-state index < -0.39 is 18.5 Å². The summed E-state index contributed by atoms with van der Waals surface area (Å²) in [6.45, 7) is 1.47. The summed E-state index contributed by atoms with van der Waals surface area (Å²) in [5.74, 6) is -1.26. The number of hydrogen-bond donors (Lipinski definition) is 0. The zero-order chi connectivity index (χ0) is 12.7. The van der Waals surface area contributed by atoms with Gasteiger partial charge in [0.15, 0.2) is 6.61 Å². The Balaban J connectivity index is 2.58. The van der Waals surface area contributed by atoms with E-state index in [1.54, 1.807) is 19.1 Å². The van der Waals surface area contributed by atoms with E-state index in [1.165, 1.54) is 12.1 Å². The number of hydrogen-bond acceptors (Lipinski definition) is 5. The van der Waals surface area contributed by atoms with Crippen LogP contribution in [-0.2, 0) is 14.3 Å². The maximum Gasteiger partial charge on any atom is 0.344 e. The molecule has 5 heteroatoms. The highest BCUT2D eigenvalue weighted by Gasteiger charge is 2.10. The van der Waals surface area contributed by atoms with Crippen LogP contribution >= 0.6 is 0 Å². The number of nitriles is 1. The molecule has 5 nitrogen and oxygen atoms in total. The van der Waals surface area contributed by atoms with Gasteiger partial charge in [0.05, 0.1) is 23.8 Å². The second kappa shape index (κ2) is 6.28. The van der Waals surface area contributed by atoms with Crippen molar-refractivity contribution in [2.45, 2.75) is 6.92 Å². The van der Waals surface area contributed by atoms with Gasteiger partial charge in [-0.2, -0.15) is 5.26 Å². The summed E-state index contributed by atoms with van der Waals surface area (Å²) in [5.41, 5.74) is 0.587. The molecule has 0 radical (unpaired) electrons. The van der Waals surface area contributed by atoms with Crippen LogP contribution in [0.1, 0.15) is 22.8 Å². The lowest BCUT2D eigenvalue weighted by Gasteiger charge is -2.04. The number of rotatable bonds is 4. The Kier molecular flexibility index (Phi) is 4.70. The fourth-order valence-electron chi connectivity index (χ4n) is 1.13. The Morgan fingerprint density at radius 1 is 1.35 bits per heavy atom. The third kappa shape index (κ3) is 3.95. The Morgan fingerprint density at radius 2 is 2.12 bits per heavy atom. The molecule has 0 N–H and O–H groups in total. The van der Waals surface area contributed by atoms with Crippen LogP contribution in [0.3, 0.4) is 0 Å². The van der Waals surface area contributed by atoms with Gasteiger partial charge in [0.1, 0.15) is 0 Å². The Morgan fingerprint density at radius 3 is 2.76 bits per heavy atom. The van der Waals surface area contributed by atoms with Crippen LogP contribution in [0, 0.1) is 11.3 Å². The van der Waals surface area contributed by atoms with E-state index in [-0.39, 0.29) is 12.2 Å². The number of carbonyl (C=O) groups is 2. The van der Waals surface area contributed by atoms with Gasteiger partial charge in [0, 0.05) is 0 Å². The zero-order valence-electron chi connectivity index (χ0n) is 9.30. The van der Waals surface area contributed by atoms with E-state index in [0.717, 1.165) is 0 Å². The number of nitrogens with zero attached hydrogens (tertiary/aromatic N) is 1. The van der Waals surface area contributed by atoms with Crippen LogP contribution in [0.2, 0.25) is 0 Å². The Hall–Kier alpha value is -2.35. The molecule has 0 heterocycles. The van der Waals surface area contributed by atoms with E-state index in [4.69, 9.17) is 10.00 Å². The Labute approximate surface area is 98.6 Å². The molecule has 1 rings (SSSR count). The SMILES string of the molecule is CCOC(=O)COC(=O)c1cccc(C#N)c1. The number of esters is 2. The zero-order valence-corrected chi connectivity index (χ0v) is 9.30. The monoisotopic (exact) mass is 233 g/mol. The van der Waals surface area contributed by atoms with Crippen molar-refractivity contribution >= 4 is 11.9 Å². The second-order valence-corrected chi connectivity index (χ2v) is 3.07. The van der Waals surface area contributed by atoms with Gasteiger partial charge in [-0.05, 0) is 25.1 Å². The lowest BCUT2D eigenvalue weighted by atomic mass is 10.1. The molecular weight excluding hydrogens is 222 g/mol. The molecule has 0 spiro atoms. The molecule has 0 fully saturated rings. The molecule has 88 valence electrons. The van der Waals surface area contributed by atoms with E-state index in [2.05, 4.69) is 4.74 Å². The topological polar surface area (TPSA) is 76.4 Å². The highest BCUT2D eigenvalue weighted by molar-refractivity contribution is 5.91. The van der Waals surface area contributed by atoms with Crippen molar-refractivity contribution in [3.63, 3.8) is 0 Å². The largest absolute Gasteiger partial charge is 0.463 e. The summed E-state index contributed by atoms with van der Waals surface area (Å²) < 4.78 is 9.32. The van der Waals surface area contributed by atoms with Crippen molar-refractivity contribution < 1.29 is 19.1 Å². The van der Waals surface area contributed by atoms with Gasteiger partial charge in [-0.3, -0.25) is 0 Å². The molecule has 0 bridgehead atoms. The fourth-order valence-corrected chi connectivity index (χ4v) is 1.13. The van der Waals surface area contributed by atoms with Gasteiger partial charge in [-0.25, -0.2) is 9.59 Å². The van der Waals surface area contributed by atoms with Gasteiger partial charge in [0.2, 0.25) is 0 Å². The summed E-state index contributed by atoms with van der Waals surface area (Å²) in [4.78, 5) is 22.4. The van der Waals surface area contributed by atoms with E-state index >= 15 is 0 Å². The first-order valence-electron chi connectivity index (χ1n) is 5.00. The van der Waals surface area contributed by atoms with Crippen molar-refractivity contribution in [3.05, 3.63) is 35.4 Å². The summed E-state index contributed by atoms with van der Waals surface area (Å²) in [6, 6.07) is 7.95. The predicted octanol–water partition coefficient (Wildman–Crippen LogP) is 1.28. The molecule has 17 heavy (non-hydrogen) atoms. The van der Waals surface area contributed by atoms with Crippen LogP contribution < -0.4 is 0 Å². The third-order valence-corrected chi connectivity index (χ3v) is 1.85. The van der Waals surface area contributed by atoms with Crippen molar-refractivity contribution in [2.75, 3.05) is 13.2 Å². The van der Waals surface area contributed by atoms with Crippen LogP contribution in [-0.4, -0.2) is 25.2 Å². The number of carbonyl (C=O) groups excluding carboxylic acids is 2. The fraction of sp³-hybridized carbons (Fsp3) is 0.250. The molecule has 0 aliphatic rings. The minimum atomic E-state index is -0.657. The van der Waals surface area contributed by atoms with Gasteiger partial charge >= 0.3 is 11.9 Å². The summed E-state index contributed by atoms with van der Waals surface area (Å²) in [7, 11) is 0. The maximum atomic E-state index is 11.5. The van der Waals surface area contributed by atoms with E-state index in [1.807, 2.05) is 6.07 Å². The molecule has 0 amide bonds. The lowest BCUT2D eigenvalue weighted by Crippen LogP contribution is -2.16. The molecular formula is C12H11NO4. The average Bonchev–Trinajstić information content (AvgIpc) is 2.36. The van der Waals surface area contributed by atoms with Gasteiger partial charge in [-0.15, -0.1) is 0 Å². The first-order valence-corrected chi connectivity index (χ1v) is 5.00. The molecule has 1 aromatic carbocycles. The molecule has 0 saturated carbocycles. The predicted molar refractivity (Wildman–Crippen MR) is 58.1 cm³/mol. The first kappa shape index (κ1) is 12.7. The maximum absolute atomic E-state index is 11.5. The summed E-state index contributed by atoms with van der Waals surface area (Å²) >= 11 is 0. The standard InChI is InChI=1S/C12H11NO4/c1-2-16-11(14)8-17-12(15)10-5-3-4-9(6-10)7-13/h3-6H,2,8H2,1H3. The van der Waals surface area contributed by atoms with Crippen molar-refractivity contribution in [1.82, 2.24) is 0 Å². The highest BCUT2D eigenvalue weighted by atomic mass is 16.6. The van der Waals surface area contributed by atoms with Gasteiger partial charge < -0.3 is 9.47 Å². The average molecular weight is 233 g/mol. The smallest absolute Gasteiger partial charge is 0.344 e. The third-order valence-electron chi connectivity index (χ3n) is 1.85. The molecule has 0 aliphatic carbocycles. The summed E-state index contributed by atoms with van der Waals surface area (Å²) in [6.07, 6.45) is 0. The van der Waals surface area contributed by atoms with Crippen molar-refractivity contribution in [2.24, 2.45) is 0 Å². The van der Waals surface area contributed by atoms with Gasteiger partial charge in [-0.1, -0.05) is 6.07 Å². The molecule has 0 saturated heterocycles. The lowest BCUT2D eigenvalue weighted by molar-refractivity contribution is -0.146. The molecule has 0 atom stereocenters. The molecule has 0 aromatic heterocycles.